The van der Waals surface area contributed by atoms with Gasteiger partial charge in [-0.25, -0.2) is 0 Å². The highest BCUT2D eigenvalue weighted by atomic mass is 16.5. The molecule has 3 heteroatoms. The van der Waals surface area contributed by atoms with Crippen LogP contribution in [-0.4, -0.2) is 26.4 Å². The lowest BCUT2D eigenvalue weighted by atomic mass is 9.97. The van der Waals surface area contributed by atoms with Crippen molar-refractivity contribution < 1.29 is 9.47 Å². The molecule has 2 aliphatic rings. The molecule has 0 aromatic heterocycles. The van der Waals surface area contributed by atoms with Crippen LogP contribution < -0.4 is 10.1 Å². The van der Waals surface area contributed by atoms with Gasteiger partial charge in [0.2, 0.25) is 0 Å². The highest BCUT2D eigenvalue weighted by Crippen LogP contribution is 2.34. The fourth-order valence-electron chi connectivity index (χ4n) is 3.25. The Balaban J connectivity index is 1.68. The fraction of sp³-hybridized carbons (Fsp3) is 0.647. The van der Waals surface area contributed by atoms with Crippen molar-refractivity contribution in [2.45, 2.75) is 38.6 Å². The molecule has 3 nitrogen and oxygen atoms in total. The van der Waals surface area contributed by atoms with Crippen molar-refractivity contribution in [2.75, 3.05) is 26.4 Å². The predicted octanol–water partition coefficient (Wildman–Crippen LogP) is 3.22. The van der Waals surface area contributed by atoms with Crippen molar-refractivity contribution in [3.63, 3.8) is 0 Å². The first kappa shape index (κ1) is 13.9. The average Bonchev–Trinajstić information content (AvgIpc) is 2.70. The maximum Gasteiger partial charge on any atom is 0.126 e. The van der Waals surface area contributed by atoms with Gasteiger partial charge in [0.25, 0.3) is 0 Å². The molecule has 0 aliphatic carbocycles. The zero-order chi connectivity index (χ0) is 13.8. The van der Waals surface area contributed by atoms with Crippen LogP contribution in [0.25, 0.3) is 0 Å². The van der Waals surface area contributed by atoms with Gasteiger partial charge in [0, 0.05) is 24.8 Å². The second-order valence-electron chi connectivity index (χ2n) is 6.03. The first-order chi connectivity index (χ1) is 9.84. The summed E-state index contributed by atoms with van der Waals surface area (Å²) in [4.78, 5) is 0. The van der Waals surface area contributed by atoms with E-state index in [1.165, 1.54) is 24.0 Å². The van der Waals surface area contributed by atoms with E-state index in [1.807, 2.05) is 0 Å². The summed E-state index contributed by atoms with van der Waals surface area (Å²) in [5.74, 6) is 1.77. The van der Waals surface area contributed by atoms with E-state index in [9.17, 15) is 0 Å². The maximum absolute atomic E-state index is 5.94. The van der Waals surface area contributed by atoms with Crippen molar-refractivity contribution in [3.05, 3.63) is 29.3 Å². The fourth-order valence-corrected chi connectivity index (χ4v) is 3.25. The quantitative estimate of drug-likeness (QED) is 0.918. The standard InChI is InChI=1S/C17H25NO2/c1-13-5-2-7-15-16(8-4-10-20-17(13)15)18-11-14-6-3-9-19-12-14/h2,5,7,14,16,18H,3-4,6,8-12H2,1H3. The topological polar surface area (TPSA) is 30.5 Å². The number of hydrogen-bond acceptors (Lipinski definition) is 3. The Labute approximate surface area is 121 Å². The van der Waals surface area contributed by atoms with Crippen LogP contribution in [0.15, 0.2) is 18.2 Å². The summed E-state index contributed by atoms with van der Waals surface area (Å²) in [6, 6.07) is 6.91. The molecule has 0 radical (unpaired) electrons. The molecule has 0 amide bonds. The van der Waals surface area contributed by atoms with Crippen LogP contribution in [0, 0.1) is 12.8 Å². The van der Waals surface area contributed by atoms with Gasteiger partial charge in [0.15, 0.2) is 0 Å². The minimum Gasteiger partial charge on any atom is -0.493 e. The normalized spacial score (nSPS) is 26.4. The van der Waals surface area contributed by atoms with Crippen molar-refractivity contribution in [1.29, 1.82) is 0 Å². The van der Waals surface area contributed by atoms with E-state index < -0.39 is 0 Å². The maximum atomic E-state index is 5.94. The Morgan fingerprint density at radius 1 is 1.20 bits per heavy atom. The predicted molar refractivity (Wildman–Crippen MR) is 80.2 cm³/mol. The van der Waals surface area contributed by atoms with E-state index >= 15 is 0 Å². The SMILES string of the molecule is Cc1cccc2c1OCCCC2NCC1CCCOC1. The van der Waals surface area contributed by atoms with Gasteiger partial charge in [-0.2, -0.15) is 0 Å². The van der Waals surface area contributed by atoms with E-state index in [1.54, 1.807) is 0 Å². The Morgan fingerprint density at radius 3 is 2.95 bits per heavy atom. The van der Waals surface area contributed by atoms with Gasteiger partial charge >= 0.3 is 0 Å². The van der Waals surface area contributed by atoms with Crippen molar-refractivity contribution in [1.82, 2.24) is 5.32 Å². The molecule has 1 fully saturated rings. The van der Waals surface area contributed by atoms with E-state index in [2.05, 4.69) is 30.4 Å². The molecule has 1 N–H and O–H groups in total. The van der Waals surface area contributed by atoms with Gasteiger partial charge in [-0.15, -0.1) is 0 Å². The van der Waals surface area contributed by atoms with Crippen LogP contribution in [0.4, 0.5) is 0 Å². The third kappa shape index (κ3) is 3.15. The van der Waals surface area contributed by atoms with Crippen LogP contribution in [0.3, 0.4) is 0 Å². The number of aryl methyl sites for hydroxylation is 1. The van der Waals surface area contributed by atoms with Crippen LogP contribution in [0.2, 0.25) is 0 Å². The molecule has 1 saturated heterocycles. The lowest BCUT2D eigenvalue weighted by Crippen LogP contribution is -2.31. The number of fused-ring (bicyclic) bond motifs is 1. The third-order valence-electron chi connectivity index (χ3n) is 4.41. The molecule has 1 aromatic carbocycles. The molecule has 20 heavy (non-hydrogen) atoms. The Morgan fingerprint density at radius 2 is 2.10 bits per heavy atom. The van der Waals surface area contributed by atoms with Gasteiger partial charge in [-0.3, -0.25) is 0 Å². The lowest BCUT2D eigenvalue weighted by Gasteiger charge is -2.26. The molecule has 1 aromatic rings. The van der Waals surface area contributed by atoms with Crippen molar-refractivity contribution in [2.24, 2.45) is 5.92 Å². The number of nitrogens with one attached hydrogen (secondary N) is 1. The Kier molecular flexibility index (Phi) is 4.58. The second kappa shape index (κ2) is 6.59. The summed E-state index contributed by atoms with van der Waals surface area (Å²) in [7, 11) is 0. The molecule has 2 heterocycles. The molecular formula is C17H25NO2. The summed E-state index contributed by atoms with van der Waals surface area (Å²) >= 11 is 0. The first-order valence-electron chi connectivity index (χ1n) is 7.88. The minimum absolute atomic E-state index is 0.425. The minimum atomic E-state index is 0.425. The lowest BCUT2D eigenvalue weighted by molar-refractivity contribution is 0.0537. The molecule has 2 atom stereocenters. The molecule has 0 saturated carbocycles. The zero-order valence-electron chi connectivity index (χ0n) is 12.4. The number of hydrogen-bond donors (Lipinski definition) is 1. The summed E-state index contributed by atoms with van der Waals surface area (Å²) in [5, 5.41) is 3.75. The number of ether oxygens (including phenoxy) is 2. The molecule has 0 bridgehead atoms. The van der Waals surface area contributed by atoms with Crippen molar-refractivity contribution >= 4 is 0 Å². The van der Waals surface area contributed by atoms with Gasteiger partial charge in [-0.05, 0) is 44.1 Å². The van der Waals surface area contributed by atoms with E-state index in [0.29, 0.717) is 12.0 Å². The molecular weight excluding hydrogens is 250 g/mol. The summed E-state index contributed by atoms with van der Waals surface area (Å²) in [6.45, 7) is 5.88. The Hall–Kier alpha value is -1.06. The van der Waals surface area contributed by atoms with E-state index in [0.717, 1.165) is 45.0 Å². The Bertz CT molecular complexity index is 441. The highest BCUT2D eigenvalue weighted by molar-refractivity contribution is 5.43. The molecule has 110 valence electrons. The van der Waals surface area contributed by atoms with Crippen LogP contribution in [0.1, 0.15) is 42.9 Å². The van der Waals surface area contributed by atoms with Crippen LogP contribution in [-0.2, 0) is 4.74 Å². The van der Waals surface area contributed by atoms with Gasteiger partial charge in [0.1, 0.15) is 5.75 Å². The zero-order valence-corrected chi connectivity index (χ0v) is 12.4. The highest BCUT2D eigenvalue weighted by Gasteiger charge is 2.22. The molecule has 0 spiro atoms. The smallest absolute Gasteiger partial charge is 0.126 e. The van der Waals surface area contributed by atoms with E-state index in [4.69, 9.17) is 9.47 Å². The second-order valence-corrected chi connectivity index (χ2v) is 6.03. The number of benzene rings is 1. The van der Waals surface area contributed by atoms with Gasteiger partial charge in [-0.1, -0.05) is 18.2 Å². The van der Waals surface area contributed by atoms with E-state index in [-0.39, 0.29) is 0 Å². The molecule has 3 rings (SSSR count). The summed E-state index contributed by atoms with van der Waals surface area (Å²) in [6.07, 6.45) is 4.77. The average molecular weight is 275 g/mol. The number of para-hydroxylation sites is 1. The summed E-state index contributed by atoms with van der Waals surface area (Å²) in [5.41, 5.74) is 2.58. The largest absolute Gasteiger partial charge is 0.493 e. The van der Waals surface area contributed by atoms with Crippen LogP contribution >= 0.6 is 0 Å². The van der Waals surface area contributed by atoms with Gasteiger partial charge < -0.3 is 14.8 Å². The molecule has 2 unspecified atom stereocenters. The third-order valence-corrected chi connectivity index (χ3v) is 4.41. The van der Waals surface area contributed by atoms with Crippen molar-refractivity contribution in [3.8, 4) is 5.75 Å². The molecule has 2 aliphatic heterocycles. The van der Waals surface area contributed by atoms with Gasteiger partial charge in [0.05, 0.1) is 13.2 Å². The number of rotatable bonds is 3. The van der Waals surface area contributed by atoms with Crippen LogP contribution in [0.5, 0.6) is 5.75 Å². The monoisotopic (exact) mass is 275 g/mol. The first-order valence-corrected chi connectivity index (χ1v) is 7.88. The summed E-state index contributed by atoms with van der Waals surface area (Å²) < 4.78 is 11.5.